The maximum absolute atomic E-state index is 13.6. The van der Waals surface area contributed by atoms with Crippen molar-refractivity contribution in [2.24, 2.45) is 5.92 Å². The van der Waals surface area contributed by atoms with Crippen LogP contribution in [0.2, 0.25) is 0 Å². The van der Waals surface area contributed by atoms with Crippen LogP contribution in [0.1, 0.15) is 78.4 Å². The van der Waals surface area contributed by atoms with Crippen LogP contribution in [0.25, 0.3) is 0 Å². The van der Waals surface area contributed by atoms with Gasteiger partial charge in [0.2, 0.25) is 15.9 Å². The molecule has 6 atom stereocenters. The lowest BCUT2D eigenvalue weighted by Crippen LogP contribution is -2.48. The zero-order chi connectivity index (χ0) is 39.1. The number of hydrogen-bond acceptors (Lipinski definition) is 8. The smallest absolute Gasteiger partial charge is 0.241 e. The third kappa shape index (κ3) is 10.1. The van der Waals surface area contributed by atoms with Crippen molar-refractivity contribution >= 4 is 15.9 Å². The number of amides is 1. The molecule has 0 unspecified atom stereocenters. The summed E-state index contributed by atoms with van der Waals surface area (Å²) in [7, 11) is -3.95. The lowest BCUT2D eigenvalue weighted by atomic mass is 9.90. The van der Waals surface area contributed by atoms with Gasteiger partial charge in [-0.15, -0.1) is 0 Å². The molecule has 0 saturated carbocycles. The predicted octanol–water partition coefficient (Wildman–Crippen LogP) is 6.04. The lowest BCUT2D eigenvalue weighted by molar-refractivity contribution is -0.276. The number of carbonyl (C=O) groups excluding carboxylic acids is 1. The molecule has 3 N–H and O–H groups in total. The second kappa shape index (κ2) is 18.5. The van der Waals surface area contributed by atoms with Crippen LogP contribution < -0.4 is 10.0 Å². The second-order valence-corrected chi connectivity index (χ2v) is 17.5. The van der Waals surface area contributed by atoms with Gasteiger partial charge in [0.25, 0.3) is 0 Å². The third-order valence-corrected chi connectivity index (χ3v) is 13.1. The highest BCUT2D eigenvalue weighted by Crippen LogP contribution is 2.42. The molecule has 0 aromatic heterocycles. The van der Waals surface area contributed by atoms with Gasteiger partial charge in [-0.2, -0.15) is 4.72 Å². The molecular formula is C45H56N4O6S. The van der Waals surface area contributed by atoms with E-state index in [0.717, 1.165) is 53.0 Å². The van der Waals surface area contributed by atoms with Crippen LogP contribution in [-0.4, -0.2) is 80.1 Å². The molecule has 1 amide bonds. The van der Waals surface area contributed by atoms with E-state index >= 15 is 0 Å². The van der Waals surface area contributed by atoms with E-state index in [-0.39, 0.29) is 42.6 Å². The number of sulfonamides is 1. The Bertz CT molecular complexity index is 1970. The molecule has 3 aliphatic rings. The SMILES string of the molecule is Cc1ccc(S(=O)(=O)N[C@H](Cc2ccccc2)C(=O)NCc2ccc([C@H]3O[C@@H](CN4CCC[C@H]4CN4CCCC4)[C@@H](C)[C@@H](c4ccc(CO)cc4)O3)cc2)cc1. The van der Waals surface area contributed by atoms with Gasteiger partial charge in [-0.25, -0.2) is 8.42 Å². The number of benzene rings is 4. The van der Waals surface area contributed by atoms with Crippen LogP contribution in [0.3, 0.4) is 0 Å². The van der Waals surface area contributed by atoms with Crippen molar-refractivity contribution < 1.29 is 27.8 Å². The third-order valence-electron chi connectivity index (χ3n) is 11.7. The van der Waals surface area contributed by atoms with Crippen LogP contribution >= 0.6 is 0 Å². The molecule has 0 bridgehead atoms. The van der Waals surface area contributed by atoms with E-state index in [1.165, 1.54) is 38.8 Å². The first-order valence-electron chi connectivity index (χ1n) is 20.1. The molecule has 0 spiro atoms. The van der Waals surface area contributed by atoms with E-state index in [1.807, 2.05) is 73.7 Å². The standard InChI is InChI=1S/C45H56N4O6S/c1-32-12-22-40(23-13-32)56(52,53)47-41(27-34-9-4-3-5-10-34)44(51)46-28-35-14-20-38(21-15-35)45-54-42(30-49-26-8-11-39(49)29-48-24-6-7-25-48)33(2)43(55-45)37-18-16-36(31-50)17-19-37/h3-5,9-10,12-23,33,39,41-43,45,47,50H,6-8,11,24-31H2,1-2H3,(H,46,51)/t33-,39+,41-,42+,43+,45+/m1/s1. The molecule has 11 heteroatoms. The molecule has 3 aliphatic heterocycles. The summed E-state index contributed by atoms with van der Waals surface area (Å²) in [5, 5.41) is 12.6. The van der Waals surface area contributed by atoms with Crippen molar-refractivity contribution in [1.82, 2.24) is 19.8 Å². The number of hydrogen-bond donors (Lipinski definition) is 3. The molecule has 3 saturated heterocycles. The highest BCUT2D eigenvalue weighted by molar-refractivity contribution is 7.89. The Labute approximate surface area is 332 Å². The normalized spacial score (nSPS) is 23.9. The Balaban J connectivity index is 1.04. The largest absolute Gasteiger partial charge is 0.392 e. The summed E-state index contributed by atoms with van der Waals surface area (Å²) in [5.74, 6) is -0.314. The second-order valence-electron chi connectivity index (χ2n) is 15.8. The van der Waals surface area contributed by atoms with Crippen LogP contribution in [-0.2, 0) is 43.9 Å². The average molecular weight is 781 g/mol. The first kappa shape index (κ1) is 40.3. The maximum atomic E-state index is 13.6. The number of carbonyl (C=O) groups is 1. The lowest BCUT2D eigenvalue weighted by Gasteiger charge is -2.43. The number of rotatable bonds is 15. The van der Waals surface area contributed by atoms with Crippen molar-refractivity contribution in [2.45, 2.75) is 94.6 Å². The number of nitrogens with zero attached hydrogens (tertiary/aromatic N) is 2. The maximum Gasteiger partial charge on any atom is 0.241 e. The zero-order valence-electron chi connectivity index (χ0n) is 32.6. The Morgan fingerprint density at radius 2 is 1.48 bits per heavy atom. The fourth-order valence-electron chi connectivity index (χ4n) is 8.28. The minimum atomic E-state index is -3.95. The molecule has 10 nitrogen and oxygen atoms in total. The number of likely N-dealkylation sites (tertiary alicyclic amines) is 2. The van der Waals surface area contributed by atoms with Crippen molar-refractivity contribution in [1.29, 1.82) is 0 Å². The van der Waals surface area contributed by atoms with Crippen molar-refractivity contribution in [3.05, 3.63) is 137 Å². The molecule has 4 aromatic carbocycles. The summed E-state index contributed by atoms with van der Waals surface area (Å²) in [6.45, 7) is 9.75. The first-order chi connectivity index (χ1) is 27.1. The molecule has 56 heavy (non-hydrogen) atoms. The van der Waals surface area contributed by atoms with Gasteiger partial charge in [0, 0.05) is 37.2 Å². The van der Waals surface area contributed by atoms with Gasteiger partial charge in [0.05, 0.1) is 23.7 Å². The molecule has 4 aromatic rings. The van der Waals surface area contributed by atoms with E-state index in [9.17, 15) is 18.3 Å². The summed E-state index contributed by atoms with van der Waals surface area (Å²) in [5.41, 5.74) is 5.46. The average Bonchev–Trinajstić information content (AvgIpc) is 3.90. The molecular weight excluding hydrogens is 725 g/mol. The van der Waals surface area contributed by atoms with Gasteiger partial charge in [-0.1, -0.05) is 103 Å². The monoisotopic (exact) mass is 780 g/mol. The molecule has 0 radical (unpaired) electrons. The Morgan fingerprint density at radius 1 is 0.804 bits per heavy atom. The van der Waals surface area contributed by atoms with E-state index in [2.05, 4.69) is 38.9 Å². The number of aliphatic hydroxyl groups is 1. The number of ether oxygens (including phenoxy) is 2. The molecule has 7 rings (SSSR count). The molecule has 0 aliphatic carbocycles. The Hall–Kier alpha value is -3.94. The highest BCUT2D eigenvalue weighted by atomic mass is 32.2. The van der Waals surface area contributed by atoms with Crippen LogP contribution in [0.4, 0.5) is 0 Å². The van der Waals surface area contributed by atoms with Gasteiger partial charge < -0.3 is 24.8 Å². The number of aryl methyl sites for hydroxylation is 1. The fourth-order valence-corrected chi connectivity index (χ4v) is 9.48. The molecule has 298 valence electrons. The topological polar surface area (TPSA) is 120 Å². The predicted molar refractivity (Wildman–Crippen MR) is 217 cm³/mol. The quantitative estimate of drug-likeness (QED) is 0.134. The summed E-state index contributed by atoms with van der Waals surface area (Å²) in [4.78, 5) is 19.0. The molecule has 3 heterocycles. The number of nitrogens with one attached hydrogen (secondary N) is 2. The van der Waals surface area contributed by atoms with Gasteiger partial charge in [0.1, 0.15) is 6.04 Å². The minimum absolute atomic E-state index is 0.00733. The Morgan fingerprint density at radius 3 is 2.18 bits per heavy atom. The molecule has 3 fully saturated rings. The highest BCUT2D eigenvalue weighted by Gasteiger charge is 2.41. The fraction of sp³-hybridized carbons (Fsp3) is 0.444. The Kier molecular flexibility index (Phi) is 13.3. The van der Waals surface area contributed by atoms with E-state index in [1.54, 1.807) is 24.3 Å². The van der Waals surface area contributed by atoms with E-state index < -0.39 is 28.3 Å². The van der Waals surface area contributed by atoms with Gasteiger partial charge in [-0.3, -0.25) is 9.69 Å². The van der Waals surface area contributed by atoms with Gasteiger partial charge >= 0.3 is 0 Å². The summed E-state index contributed by atoms with van der Waals surface area (Å²) in [6.07, 6.45) is 4.36. The summed E-state index contributed by atoms with van der Waals surface area (Å²) < 4.78 is 42.9. The summed E-state index contributed by atoms with van der Waals surface area (Å²) >= 11 is 0. The van der Waals surface area contributed by atoms with Gasteiger partial charge in [-0.05, 0) is 93.0 Å². The van der Waals surface area contributed by atoms with Crippen molar-refractivity contribution in [2.75, 3.05) is 32.7 Å². The van der Waals surface area contributed by atoms with Crippen LogP contribution in [0.15, 0.2) is 108 Å². The van der Waals surface area contributed by atoms with Crippen molar-refractivity contribution in [3.8, 4) is 0 Å². The zero-order valence-corrected chi connectivity index (χ0v) is 33.4. The van der Waals surface area contributed by atoms with Gasteiger partial charge in [0.15, 0.2) is 6.29 Å². The van der Waals surface area contributed by atoms with Crippen molar-refractivity contribution in [3.63, 3.8) is 0 Å². The number of aliphatic hydroxyl groups excluding tert-OH is 1. The van der Waals surface area contributed by atoms with E-state index in [4.69, 9.17) is 9.47 Å². The summed E-state index contributed by atoms with van der Waals surface area (Å²) in [6, 6.07) is 31.4. The van der Waals surface area contributed by atoms with Crippen LogP contribution in [0, 0.1) is 12.8 Å². The minimum Gasteiger partial charge on any atom is -0.392 e. The van der Waals surface area contributed by atoms with Crippen LogP contribution in [0.5, 0.6) is 0 Å². The van der Waals surface area contributed by atoms with E-state index in [0.29, 0.717) is 6.04 Å². The first-order valence-corrected chi connectivity index (χ1v) is 21.6.